The van der Waals surface area contributed by atoms with Gasteiger partial charge in [0, 0.05) is 5.38 Å². The van der Waals surface area contributed by atoms with Gasteiger partial charge in [-0.2, -0.15) is 0 Å². The monoisotopic (exact) mass is 98.0 g/mol. The summed E-state index contributed by atoms with van der Waals surface area (Å²) in [5.74, 6) is 0. The van der Waals surface area contributed by atoms with Crippen LogP contribution in [0.5, 0.6) is 0 Å². The molecule has 0 bridgehead atoms. The predicted molar refractivity (Wildman–Crippen MR) is 27.6 cm³/mol. The van der Waals surface area contributed by atoms with E-state index in [9.17, 15) is 0 Å². The second-order valence-electron chi connectivity index (χ2n) is 0.956. The van der Waals surface area contributed by atoms with E-state index in [1.54, 1.807) is 6.07 Å². The molecule has 0 fully saturated rings. The maximum atomic E-state index is 5.27. The van der Waals surface area contributed by atoms with E-state index in [0.29, 0.717) is 0 Å². The number of nitrogen functional groups attached to an aromatic ring is 1. The minimum Gasteiger partial charge on any atom is -0.391 e. The zero-order valence-electron chi connectivity index (χ0n) is 3.14. The second-order valence-corrected chi connectivity index (χ2v) is 1.87. The maximum absolute atomic E-state index is 5.27. The van der Waals surface area contributed by atoms with Crippen LogP contribution in [0.25, 0.3) is 0 Å². The number of rotatable bonds is 0. The standard InChI is InChI=1S/C4H4NS/c5-4-2-1-3-6-4/h1-2H,5H2. The SMILES string of the molecule is Nc1cc[c]s1. The molecule has 0 atom stereocenters. The quantitative estimate of drug-likeness (QED) is 0.517. The van der Waals surface area contributed by atoms with Crippen molar-refractivity contribution >= 4 is 16.3 Å². The summed E-state index contributed by atoms with van der Waals surface area (Å²) in [7, 11) is 0. The Morgan fingerprint density at radius 1 is 1.83 bits per heavy atom. The van der Waals surface area contributed by atoms with Gasteiger partial charge in [-0.1, -0.05) is 0 Å². The molecule has 31 valence electrons. The van der Waals surface area contributed by atoms with E-state index < -0.39 is 0 Å². The molecule has 1 aromatic heterocycles. The van der Waals surface area contributed by atoms with Crippen molar-refractivity contribution in [3.05, 3.63) is 17.5 Å². The number of anilines is 1. The second kappa shape index (κ2) is 1.30. The van der Waals surface area contributed by atoms with E-state index in [1.807, 2.05) is 6.07 Å². The van der Waals surface area contributed by atoms with E-state index in [4.69, 9.17) is 5.73 Å². The minimum atomic E-state index is 0.829. The van der Waals surface area contributed by atoms with Crippen LogP contribution in [0.1, 0.15) is 0 Å². The first-order chi connectivity index (χ1) is 2.89. The molecule has 0 saturated heterocycles. The number of nitrogens with two attached hydrogens (primary N) is 1. The van der Waals surface area contributed by atoms with E-state index in [1.165, 1.54) is 11.3 Å². The molecule has 0 aliphatic rings. The molecule has 6 heavy (non-hydrogen) atoms. The van der Waals surface area contributed by atoms with E-state index in [2.05, 4.69) is 5.38 Å². The normalized spacial score (nSPS) is 8.67. The summed E-state index contributed by atoms with van der Waals surface area (Å²) < 4.78 is 0. The van der Waals surface area contributed by atoms with Crippen LogP contribution in [0, 0.1) is 5.38 Å². The molecular formula is C4H4NS. The smallest absolute Gasteiger partial charge is 0.0863 e. The third-order valence-electron chi connectivity index (χ3n) is 0.492. The fourth-order valence-corrected chi connectivity index (χ4v) is 0.660. The van der Waals surface area contributed by atoms with Crippen LogP contribution in [-0.2, 0) is 0 Å². The first kappa shape index (κ1) is 3.68. The van der Waals surface area contributed by atoms with E-state index in [0.717, 1.165) is 5.00 Å². The first-order valence-corrected chi connectivity index (χ1v) is 2.42. The highest BCUT2D eigenvalue weighted by molar-refractivity contribution is 7.13. The van der Waals surface area contributed by atoms with Gasteiger partial charge in [-0.05, 0) is 12.1 Å². The van der Waals surface area contributed by atoms with Crippen LogP contribution in [0.15, 0.2) is 12.1 Å². The fraction of sp³-hybridized carbons (Fsp3) is 0. The van der Waals surface area contributed by atoms with Gasteiger partial charge in [-0.3, -0.25) is 0 Å². The average molecular weight is 98.2 g/mol. The van der Waals surface area contributed by atoms with Crippen LogP contribution < -0.4 is 5.73 Å². The highest BCUT2D eigenvalue weighted by Crippen LogP contribution is 2.06. The highest BCUT2D eigenvalue weighted by atomic mass is 32.1. The lowest BCUT2D eigenvalue weighted by Gasteiger charge is -1.68. The molecule has 2 heteroatoms. The predicted octanol–water partition coefficient (Wildman–Crippen LogP) is 1.13. The van der Waals surface area contributed by atoms with Crippen molar-refractivity contribution in [3.63, 3.8) is 0 Å². The van der Waals surface area contributed by atoms with Crippen LogP contribution >= 0.6 is 11.3 Å². The van der Waals surface area contributed by atoms with Gasteiger partial charge in [0.2, 0.25) is 0 Å². The summed E-state index contributed by atoms with van der Waals surface area (Å²) in [5, 5.41) is 3.67. The van der Waals surface area contributed by atoms with Crippen molar-refractivity contribution in [2.24, 2.45) is 0 Å². The summed E-state index contributed by atoms with van der Waals surface area (Å²) in [4.78, 5) is 0. The van der Waals surface area contributed by atoms with Crippen molar-refractivity contribution in [3.8, 4) is 0 Å². The highest BCUT2D eigenvalue weighted by Gasteiger charge is 1.76. The third-order valence-corrected chi connectivity index (χ3v) is 1.12. The topological polar surface area (TPSA) is 26.0 Å². The molecule has 0 unspecified atom stereocenters. The van der Waals surface area contributed by atoms with Gasteiger partial charge in [-0.25, -0.2) is 0 Å². The van der Waals surface area contributed by atoms with Crippen LogP contribution in [-0.4, -0.2) is 0 Å². The molecule has 0 aromatic carbocycles. The average Bonchev–Trinajstić information content (AvgIpc) is 1.86. The van der Waals surface area contributed by atoms with Crippen LogP contribution in [0.3, 0.4) is 0 Å². The van der Waals surface area contributed by atoms with Gasteiger partial charge >= 0.3 is 0 Å². The summed E-state index contributed by atoms with van der Waals surface area (Å²) in [6.45, 7) is 0. The third kappa shape index (κ3) is 0.518. The van der Waals surface area contributed by atoms with Gasteiger partial charge in [-0.15, -0.1) is 11.3 Å². The molecule has 1 aromatic rings. The zero-order chi connectivity index (χ0) is 4.41. The first-order valence-electron chi connectivity index (χ1n) is 1.61. The maximum Gasteiger partial charge on any atom is 0.0863 e. The Morgan fingerprint density at radius 3 is 2.83 bits per heavy atom. The minimum absolute atomic E-state index is 0.829. The summed E-state index contributed by atoms with van der Waals surface area (Å²) in [5.41, 5.74) is 5.27. The molecule has 2 N–H and O–H groups in total. The van der Waals surface area contributed by atoms with Gasteiger partial charge in [0.15, 0.2) is 0 Å². The van der Waals surface area contributed by atoms with Gasteiger partial charge in [0.25, 0.3) is 0 Å². The lowest BCUT2D eigenvalue weighted by atomic mass is 10.6. The lowest BCUT2D eigenvalue weighted by Crippen LogP contribution is -1.72. The molecular weight excluding hydrogens is 94.1 g/mol. The largest absolute Gasteiger partial charge is 0.391 e. The van der Waals surface area contributed by atoms with Gasteiger partial charge in [0.05, 0.1) is 5.00 Å². The molecule has 0 aliphatic carbocycles. The summed E-state index contributed by atoms with van der Waals surface area (Å²) in [6, 6.07) is 3.63. The number of thiophene rings is 1. The molecule has 0 amide bonds. The molecule has 1 nitrogen and oxygen atoms in total. The molecule has 0 spiro atoms. The Kier molecular flexibility index (Phi) is 0.801. The van der Waals surface area contributed by atoms with Crippen molar-refractivity contribution < 1.29 is 0 Å². The van der Waals surface area contributed by atoms with Crippen LogP contribution in [0.4, 0.5) is 5.00 Å². The van der Waals surface area contributed by atoms with Crippen molar-refractivity contribution in [1.82, 2.24) is 0 Å². The summed E-state index contributed by atoms with van der Waals surface area (Å²) >= 11 is 1.43. The Labute approximate surface area is 40.4 Å². The number of hydrogen-bond donors (Lipinski definition) is 1. The van der Waals surface area contributed by atoms with E-state index in [-0.39, 0.29) is 0 Å². The Bertz CT molecular complexity index is 111. The fourth-order valence-electron chi connectivity index (χ4n) is 0.252. The Hall–Kier alpha value is -0.500. The van der Waals surface area contributed by atoms with Crippen LogP contribution in [0.2, 0.25) is 0 Å². The summed E-state index contributed by atoms with van der Waals surface area (Å²) in [6.07, 6.45) is 0. The molecule has 1 rings (SSSR count). The van der Waals surface area contributed by atoms with Crippen molar-refractivity contribution in [1.29, 1.82) is 0 Å². The van der Waals surface area contributed by atoms with Crippen molar-refractivity contribution in [2.75, 3.05) is 5.73 Å². The van der Waals surface area contributed by atoms with Crippen molar-refractivity contribution in [2.45, 2.75) is 0 Å². The number of hydrogen-bond acceptors (Lipinski definition) is 2. The van der Waals surface area contributed by atoms with E-state index >= 15 is 0 Å². The Balaban J connectivity index is 3.05. The Morgan fingerprint density at radius 2 is 2.67 bits per heavy atom. The zero-order valence-corrected chi connectivity index (χ0v) is 3.96. The molecule has 0 saturated carbocycles. The molecule has 1 heterocycles. The lowest BCUT2D eigenvalue weighted by molar-refractivity contribution is 1.94. The molecule has 0 aliphatic heterocycles. The van der Waals surface area contributed by atoms with Gasteiger partial charge in [0.1, 0.15) is 0 Å². The van der Waals surface area contributed by atoms with Gasteiger partial charge < -0.3 is 5.73 Å². The molecule has 1 radical (unpaired) electrons.